The normalized spacial score (nSPS) is 54.6. The summed E-state index contributed by atoms with van der Waals surface area (Å²) < 4.78 is 0. The first-order valence-electron chi connectivity index (χ1n) is 10.5. The molecule has 2 heterocycles. The van der Waals surface area contributed by atoms with Gasteiger partial charge in [-0.3, -0.25) is 29.0 Å². The largest absolute Gasteiger partial charge is 0.274 e. The highest BCUT2D eigenvalue weighted by atomic mass is 79.9. The van der Waals surface area contributed by atoms with Crippen LogP contribution < -0.4 is 0 Å². The lowest BCUT2D eigenvalue weighted by Crippen LogP contribution is -2.53. The van der Waals surface area contributed by atoms with Crippen LogP contribution in [0, 0.1) is 47.3 Å². The molecule has 12 unspecified atom stereocenters. The monoisotopic (exact) mass is 668 g/mol. The maximum Gasteiger partial charge on any atom is 0.235 e. The molecule has 6 fully saturated rings. The Morgan fingerprint density at radius 2 is 0.833 bits per heavy atom. The fraction of sp³-hybridized carbons (Fsp3) is 0.800. The summed E-state index contributed by atoms with van der Waals surface area (Å²) in [5.74, 6) is -1.78. The van der Waals surface area contributed by atoms with Gasteiger partial charge in [-0.05, 0) is 43.4 Å². The molecule has 30 heavy (non-hydrogen) atoms. The average molecular weight is 672 g/mol. The number of carbonyl (C=O) groups excluding carboxylic acids is 4. The Morgan fingerprint density at radius 3 is 1.07 bits per heavy atom. The van der Waals surface area contributed by atoms with E-state index >= 15 is 0 Å². The molecule has 4 bridgehead atoms. The van der Waals surface area contributed by atoms with Gasteiger partial charge >= 0.3 is 0 Å². The first kappa shape index (κ1) is 20.8. The SMILES string of the molecule is CC(N1C(=O)C2C3CC(C(Br)C3Br)C2C1=O)N1C(=O)C2C3CC(C(Br)C3Br)C2C1=O. The number of rotatable bonds is 2. The Bertz CT molecular complexity index is 766. The Balaban J connectivity index is 1.30. The van der Waals surface area contributed by atoms with E-state index in [1.165, 1.54) is 9.80 Å². The molecule has 6 rings (SSSR count). The number of halogens is 4. The minimum absolute atomic E-state index is 0.113. The Hall–Kier alpha value is 0.200. The van der Waals surface area contributed by atoms with Crippen LogP contribution >= 0.6 is 63.7 Å². The Kier molecular flexibility index (Phi) is 4.59. The van der Waals surface area contributed by atoms with Gasteiger partial charge in [0.05, 0.1) is 23.7 Å². The second-order valence-corrected chi connectivity index (χ2v) is 14.0. The highest BCUT2D eigenvalue weighted by Gasteiger charge is 2.70. The van der Waals surface area contributed by atoms with Crippen LogP contribution in [0.4, 0.5) is 0 Å². The predicted molar refractivity (Wildman–Crippen MR) is 121 cm³/mol. The Labute approximate surface area is 207 Å². The minimum atomic E-state index is -0.856. The number of imide groups is 2. The van der Waals surface area contributed by atoms with Crippen molar-refractivity contribution in [2.24, 2.45) is 47.3 Å². The van der Waals surface area contributed by atoms with Crippen molar-refractivity contribution in [3.05, 3.63) is 0 Å². The van der Waals surface area contributed by atoms with Crippen LogP contribution in [0.3, 0.4) is 0 Å². The second-order valence-electron chi connectivity index (χ2n) is 9.73. The van der Waals surface area contributed by atoms with Crippen molar-refractivity contribution in [3.63, 3.8) is 0 Å². The zero-order valence-corrected chi connectivity index (χ0v) is 22.3. The van der Waals surface area contributed by atoms with E-state index in [0.29, 0.717) is 0 Å². The van der Waals surface area contributed by atoms with Gasteiger partial charge in [0.15, 0.2) is 0 Å². The summed E-state index contributed by atoms with van der Waals surface area (Å²) in [4.78, 5) is 56.5. The lowest BCUT2D eigenvalue weighted by molar-refractivity contribution is -0.155. The summed E-state index contributed by atoms with van der Waals surface area (Å²) >= 11 is 14.8. The molecule has 6 aliphatic rings. The van der Waals surface area contributed by atoms with Crippen LogP contribution in [0.2, 0.25) is 0 Å². The van der Waals surface area contributed by atoms with Crippen LogP contribution in [0.5, 0.6) is 0 Å². The maximum absolute atomic E-state index is 13.3. The van der Waals surface area contributed by atoms with E-state index in [1.807, 2.05) is 0 Å². The van der Waals surface area contributed by atoms with Gasteiger partial charge in [-0.15, -0.1) is 0 Å². The minimum Gasteiger partial charge on any atom is -0.274 e. The third kappa shape index (κ3) is 2.25. The van der Waals surface area contributed by atoms with E-state index in [0.717, 1.165) is 12.8 Å². The molecule has 0 N–H and O–H groups in total. The molecule has 0 aromatic rings. The number of hydrogen-bond donors (Lipinski definition) is 0. The number of alkyl halides is 4. The molecular formula is C20H20Br4N2O4. The van der Waals surface area contributed by atoms with Crippen LogP contribution in [0.1, 0.15) is 19.8 Å². The third-order valence-electron chi connectivity index (χ3n) is 8.79. The summed E-state index contributed by atoms with van der Waals surface area (Å²) in [7, 11) is 0. The van der Waals surface area contributed by atoms with Crippen molar-refractivity contribution in [1.82, 2.24) is 9.80 Å². The summed E-state index contributed by atoms with van der Waals surface area (Å²) in [6, 6.07) is 0. The molecule has 0 radical (unpaired) electrons. The summed E-state index contributed by atoms with van der Waals surface area (Å²) in [5, 5.41) is 0. The molecule has 10 heteroatoms. The van der Waals surface area contributed by atoms with Crippen molar-refractivity contribution in [2.45, 2.75) is 45.2 Å². The third-order valence-corrected chi connectivity index (χ3v) is 15.2. The molecule has 12 atom stereocenters. The van der Waals surface area contributed by atoms with Crippen LogP contribution in [0.25, 0.3) is 0 Å². The molecule has 162 valence electrons. The lowest BCUT2D eigenvalue weighted by Gasteiger charge is -2.31. The van der Waals surface area contributed by atoms with Crippen molar-refractivity contribution < 1.29 is 19.2 Å². The first-order chi connectivity index (χ1) is 14.2. The fourth-order valence-corrected chi connectivity index (χ4v) is 11.3. The van der Waals surface area contributed by atoms with Crippen molar-refractivity contribution >= 4 is 87.3 Å². The quantitative estimate of drug-likeness (QED) is 0.335. The number of fused-ring (bicyclic) bond motifs is 10. The number of amides is 4. The molecule has 6 nitrogen and oxygen atoms in total. The van der Waals surface area contributed by atoms with Gasteiger partial charge in [-0.25, -0.2) is 0 Å². The van der Waals surface area contributed by atoms with Gasteiger partial charge in [-0.2, -0.15) is 0 Å². The summed E-state index contributed by atoms with van der Waals surface area (Å²) in [5.41, 5.74) is 0. The maximum atomic E-state index is 13.3. The summed E-state index contributed by atoms with van der Waals surface area (Å²) in [6.45, 7) is 1.66. The van der Waals surface area contributed by atoms with E-state index in [-0.39, 0.29) is 90.3 Å². The van der Waals surface area contributed by atoms with Crippen LogP contribution in [-0.2, 0) is 19.2 Å². The molecule has 4 amide bonds. The number of likely N-dealkylation sites (tertiary alicyclic amines) is 2. The molecule has 4 aliphatic carbocycles. The second kappa shape index (κ2) is 6.63. The summed E-state index contributed by atoms with van der Waals surface area (Å²) in [6.07, 6.45) is 0.856. The molecule has 4 saturated carbocycles. The molecule has 0 aromatic carbocycles. The van der Waals surface area contributed by atoms with Crippen molar-refractivity contribution in [1.29, 1.82) is 0 Å². The Morgan fingerprint density at radius 1 is 0.600 bits per heavy atom. The average Bonchev–Trinajstić information content (AvgIpc) is 3.48. The van der Waals surface area contributed by atoms with Gasteiger partial charge in [0, 0.05) is 19.3 Å². The molecule has 2 aliphatic heterocycles. The standard InChI is InChI=1S/C20H20Br4N2O4/c1-4(25-17(27)9-5-2-6(10(9)18(25)28)14(22)13(5)21)26-19(29)11-7-3-8(12(11)20(26)30)16(24)15(7)23/h4-16H,2-3H2,1H3. The zero-order valence-electron chi connectivity index (χ0n) is 16.0. The van der Waals surface area contributed by atoms with Gasteiger partial charge in [-0.1, -0.05) is 63.7 Å². The molecular weight excluding hydrogens is 652 g/mol. The zero-order chi connectivity index (χ0) is 21.4. The van der Waals surface area contributed by atoms with Crippen molar-refractivity contribution in [3.8, 4) is 0 Å². The van der Waals surface area contributed by atoms with Gasteiger partial charge in [0.1, 0.15) is 6.17 Å². The topological polar surface area (TPSA) is 74.8 Å². The fourth-order valence-electron chi connectivity index (χ4n) is 7.60. The molecule has 2 saturated heterocycles. The van der Waals surface area contributed by atoms with Gasteiger partial charge in [0.2, 0.25) is 23.6 Å². The smallest absolute Gasteiger partial charge is 0.235 e. The van der Waals surface area contributed by atoms with E-state index < -0.39 is 6.17 Å². The molecule has 0 aromatic heterocycles. The highest BCUT2D eigenvalue weighted by molar-refractivity contribution is 9.12. The number of carbonyl (C=O) groups is 4. The lowest BCUT2D eigenvalue weighted by atomic mass is 9.81. The van der Waals surface area contributed by atoms with E-state index in [9.17, 15) is 19.2 Å². The molecule has 0 spiro atoms. The van der Waals surface area contributed by atoms with Crippen LogP contribution in [-0.4, -0.2) is 58.9 Å². The van der Waals surface area contributed by atoms with E-state index in [4.69, 9.17) is 0 Å². The van der Waals surface area contributed by atoms with Crippen LogP contribution in [0.15, 0.2) is 0 Å². The number of nitrogens with zero attached hydrogens (tertiary/aromatic N) is 2. The predicted octanol–water partition coefficient (Wildman–Crippen LogP) is 2.89. The van der Waals surface area contributed by atoms with E-state index in [1.54, 1.807) is 6.92 Å². The number of hydrogen-bond acceptors (Lipinski definition) is 4. The first-order valence-corrected chi connectivity index (χ1v) is 14.1. The van der Waals surface area contributed by atoms with Crippen molar-refractivity contribution in [2.75, 3.05) is 0 Å². The van der Waals surface area contributed by atoms with Gasteiger partial charge in [0.25, 0.3) is 0 Å². The van der Waals surface area contributed by atoms with E-state index in [2.05, 4.69) is 63.7 Å². The highest BCUT2D eigenvalue weighted by Crippen LogP contribution is 2.62. The van der Waals surface area contributed by atoms with Gasteiger partial charge < -0.3 is 0 Å².